The van der Waals surface area contributed by atoms with E-state index in [1.165, 1.54) is 6.07 Å². The standard InChI is InChI=1S/C14H19N3O4S/c18-13-5-4-10-11(16-13)2-1-3-12(10)17-14(19)15-9-6-7-22(20,21)8-9/h4-5,9,12H,1-3,6-8H2,(H,16,18)(H2,15,17,19)/t9-,12+/m1/s1. The zero-order valence-electron chi connectivity index (χ0n) is 12.1. The minimum Gasteiger partial charge on any atom is -0.334 e. The lowest BCUT2D eigenvalue weighted by Gasteiger charge is -2.26. The molecule has 2 amide bonds. The lowest BCUT2D eigenvalue weighted by molar-refractivity contribution is 0.232. The molecule has 0 radical (unpaired) electrons. The van der Waals surface area contributed by atoms with Gasteiger partial charge in [-0.1, -0.05) is 0 Å². The molecule has 3 rings (SSSR count). The third-order valence-electron chi connectivity index (χ3n) is 4.20. The van der Waals surface area contributed by atoms with Crippen molar-refractivity contribution >= 4 is 15.9 Å². The molecule has 0 aromatic carbocycles. The Balaban J connectivity index is 1.65. The van der Waals surface area contributed by atoms with Gasteiger partial charge >= 0.3 is 6.03 Å². The molecule has 1 fully saturated rings. The quantitative estimate of drug-likeness (QED) is 0.723. The summed E-state index contributed by atoms with van der Waals surface area (Å²) in [6.07, 6.45) is 2.95. The van der Waals surface area contributed by atoms with Gasteiger partial charge in [0.2, 0.25) is 5.56 Å². The molecular formula is C14H19N3O4S. The Kier molecular flexibility index (Phi) is 3.94. The van der Waals surface area contributed by atoms with Gasteiger partial charge in [0.1, 0.15) is 0 Å². The van der Waals surface area contributed by atoms with Crippen LogP contribution in [0.5, 0.6) is 0 Å². The molecule has 1 aliphatic heterocycles. The Labute approximate surface area is 128 Å². The number of carbonyl (C=O) groups excluding carboxylic acids is 1. The van der Waals surface area contributed by atoms with Gasteiger partial charge in [-0.2, -0.15) is 0 Å². The second-order valence-corrected chi connectivity index (χ2v) is 8.15. The predicted molar refractivity (Wildman–Crippen MR) is 81.5 cm³/mol. The first-order valence-corrected chi connectivity index (χ1v) is 9.25. The number of urea groups is 1. The van der Waals surface area contributed by atoms with Gasteiger partial charge in [0, 0.05) is 17.8 Å². The van der Waals surface area contributed by atoms with E-state index in [4.69, 9.17) is 0 Å². The number of fused-ring (bicyclic) bond motifs is 1. The molecule has 1 aromatic rings. The van der Waals surface area contributed by atoms with Crippen molar-refractivity contribution in [3.05, 3.63) is 33.7 Å². The van der Waals surface area contributed by atoms with Crippen LogP contribution in [0.2, 0.25) is 0 Å². The van der Waals surface area contributed by atoms with Gasteiger partial charge in [-0.05, 0) is 37.3 Å². The average molecular weight is 325 g/mol. The van der Waals surface area contributed by atoms with Crippen molar-refractivity contribution in [2.75, 3.05) is 11.5 Å². The number of amides is 2. The molecule has 0 unspecified atom stereocenters. The summed E-state index contributed by atoms with van der Waals surface area (Å²) in [5.41, 5.74) is 1.66. The highest BCUT2D eigenvalue weighted by Gasteiger charge is 2.30. The molecule has 7 nitrogen and oxygen atoms in total. The topological polar surface area (TPSA) is 108 Å². The summed E-state index contributed by atoms with van der Waals surface area (Å²) < 4.78 is 22.8. The molecule has 2 atom stereocenters. The normalized spacial score (nSPS) is 26.2. The van der Waals surface area contributed by atoms with Gasteiger partial charge in [0.25, 0.3) is 0 Å². The number of rotatable bonds is 2. The van der Waals surface area contributed by atoms with Crippen LogP contribution < -0.4 is 16.2 Å². The van der Waals surface area contributed by atoms with E-state index >= 15 is 0 Å². The van der Waals surface area contributed by atoms with Gasteiger partial charge in [-0.15, -0.1) is 0 Å². The van der Waals surface area contributed by atoms with Crippen molar-refractivity contribution in [1.82, 2.24) is 15.6 Å². The highest BCUT2D eigenvalue weighted by Crippen LogP contribution is 2.27. The van der Waals surface area contributed by atoms with E-state index in [1.54, 1.807) is 6.07 Å². The molecule has 3 N–H and O–H groups in total. The summed E-state index contributed by atoms with van der Waals surface area (Å²) in [6, 6.07) is 2.38. The summed E-state index contributed by atoms with van der Waals surface area (Å²) in [7, 11) is -3.01. The number of carbonyl (C=O) groups is 1. The van der Waals surface area contributed by atoms with E-state index < -0.39 is 9.84 Å². The fourth-order valence-electron chi connectivity index (χ4n) is 3.14. The number of hydrogen-bond donors (Lipinski definition) is 3. The van der Waals surface area contributed by atoms with E-state index in [1.807, 2.05) is 0 Å². The summed E-state index contributed by atoms with van der Waals surface area (Å²) in [4.78, 5) is 26.2. The van der Waals surface area contributed by atoms with Crippen LogP contribution in [0.1, 0.15) is 36.6 Å². The van der Waals surface area contributed by atoms with Gasteiger partial charge in [0.05, 0.1) is 17.5 Å². The van der Waals surface area contributed by atoms with Gasteiger partial charge in [-0.3, -0.25) is 4.79 Å². The molecule has 1 aliphatic carbocycles. The Morgan fingerprint density at radius 1 is 1.23 bits per heavy atom. The van der Waals surface area contributed by atoms with Gasteiger partial charge in [0.15, 0.2) is 9.84 Å². The summed E-state index contributed by atoms with van der Waals surface area (Å²) >= 11 is 0. The molecule has 0 bridgehead atoms. The van der Waals surface area contributed by atoms with Crippen LogP contribution in [-0.2, 0) is 16.3 Å². The minimum atomic E-state index is -3.01. The number of aromatic amines is 1. The Morgan fingerprint density at radius 2 is 2.05 bits per heavy atom. The van der Waals surface area contributed by atoms with Crippen LogP contribution in [-0.4, -0.2) is 37.0 Å². The molecule has 2 heterocycles. The van der Waals surface area contributed by atoms with Crippen molar-refractivity contribution < 1.29 is 13.2 Å². The van der Waals surface area contributed by atoms with E-state index in [0.29, 0.717) is 6.42 Å². The number of aryl methyl sites for hydroxylation is 1. The number of nitrogens with one attached hydrogen (secondary N) is 3. The monoisotopic (exact) mass is 325 g/mol. The Hall–Kier alpha value is -1.83. The SMILES string of the molecule is O=C(N[C@@H]1CCS(=O)(=O)C1)N[C@H]1CCCc2[nH]c(=O)ccc21. The lowest BCUT2D eigenvalue weighted by Crippen LogP contribution is -2.44. The van der Waals surface area contributed by atoms with Crippen molar-refractivity contribution in [3.8, 4) is 0 Å². The minimum absolute atomic E-state index is 0.00892. The first-order chi connectivity index (χ1) is 10.4. The van der Waals surface area contributed by atoms with Crippen LogP contribution in [0, 0.1) is 0 Å². The van der Waals surface area contributed by atoms with Crippen molar-refractivity contribution in [2.45, 2.75) is 37.8 Å². The second kappa shape index (κ2) is 5.75. The van der Waals surface area contributed by atoms with E-state index in [9.17, 15) is 18.0 Å². The zero-order chi connectivity index (χ0) is 15.7. The van der Waals surface area contributed by atoms with Crippen molar-refractivity contribution in [2.24, 2.45) is 0 Å². The maximum Gasteiger partial charge on any atom is 0.315 e. The van der Waals surface area contributed by atoms with Crippen molar-refractivity contribution in [1.29, 1.82) is 0 Å². The maximum atomic E-state index is 12.1. The first kappa shape index (κ1) is 15.1. The number of aromatic nitrogens is 1. The smallest absolute Gasteiger partial charge is 0.315 e. The van der Waals surface area contributed by atoms with Crippen LogP contribution in [0.4, 0.5) is 4.79 Å². The van der Waals surface area contributed by atoms with Crippen molar-refractivity contribution in [3.63, 3.8) is 0 Å². The molecule has 0 saturated carbocycles. The Morgan fingerprint density at radius 3 is 2.77 bits per heavy atom. The predicted octanol–water partition coefficient (Wildman–Crippen LogP) is 0.239. The van der Waals surface area contributed by atoms with E-state index in [-0.39, 0.29) is 35.2 Å². The fourth-order valence-corrected chi connectivity index (χ4v) is 4.82. The third-order valence-corrected chi connectivity index (χ3v) is 5.97. The van der Waals surface area contributed by atoms with E-state index in [2.05, 4.69) is 15.6 Å². The summed E-state index contributed by atoms with van der Waals surface area (Å²) in [5.74, 6) is 0.139. The maximum absolute atomic E-state index is 12.1. The second-order valence-electron chi connectivity index (χ2n) is 5.92. The largest absolute Gasteiger partial charge is 0.334 e. The summed E-state index contributed by atoms with van der Waals surface area (Å²) in [6.45, 7) is 0. The van der Waals surface area contributed by atoms with Crippen LogP contribution >= 0.6 is 0 Å². The van der Waals surface area contributed by atoms with Gasteiger partial charge in [-0.25, -0.2) is 13.2 Å². The molecule has 1 aromatic heterocycles. The molecule has 22 heavy (non-hydrogen) atoms. The Bertz CT molecular complexity index is 741. The third kappa shape index (κ3) is 3.32. The fraction of sp³-hybridized carbons (Fsp3) is 0.571. The van der Waals surface area contributed by atoms with Gasteiger partial charge < -0.3 is 15.6 Å². The summed E-state index contributed by atoms with van der Waals surface area (Å²) in [5, 5.41) is 5.60. The molecule has 0 spiro atoms. The van der Waals surface area contributed by atoms with E-state index in [0.717, 1.165) is 30.5 Å². The molecule has 2 aliphatic rings. The molecule has 120 valence electrons. The highest BCUT2D eigenvalue weighted by atomic mass is 32.2. The average Bonchev–Trinajstić information content (AvgIpc) is 2.77. The number of hydrogen-bond acceptors (Lipinski definition) is 4. The molecular weight excluding hydrogens is 306 g/mol. The zero-order valence-corrected chi connectivity index (χ0v) is 12.9. The van der Waals surface area contributed by atoms with Crippen LogP contribution in [0.25, 0.3) is 0 Å². The van der Waals surface area contributed by atoms with Crippen LogP contribution in [0.15, 0.2) is 16.9 Å². The molecule has 8 heteroatoms. The highest BCUT2D eigenvalue weighted by molar-refractivity contribution is 7.91. The number of pyridine rings is 1. The first-order valence-electron chi connectivity index (χ1n) is 7.42. The van der Waals surface area contributed by atoms with Crippen LogP contribution in [0.3, 0.4) is 0 Å². The lowest BCUT2D eigenvalue weighted by atomic mass is 9.91. The number of sulfone groups is 1. The molecule has 1 saturated heterocycles. The number of H-pyrrole nitrogens is 1.